The van der Waals surface area contributed by atoms with Gasteiger partial charge >= 0.3 is 0 Å². The summed E-state index contributed by atoms with van der Waals surface area (Å²) in [6.07, 6.45) is 2.33. The lowest BCUT2D eigenvalue weighted by molar-refractivity contribution is -0.0263. The number of ether oxygens (including phenoxy) is 1. The lowest BCUT2D eigenvalue weighted by atomic mass is 9.97. The Morgan fingerprint density at radius 2 is 2.43 bits per heavy atom. The SMILES string of the molecule is CC1OCCC1(O)CNCc1csc(-c2ccccn2)n1. The molecule has 0 bridgehead atoms. The van der Waals surface area contributed by atoms with Crippen molar-refractivity contribution >= 4 is 11.3 Å². The van der Waals surface area contributed by atoms with E-state index in [0.29, 0.717) is 26.1 Å². The summed E-state index contributed by atoms with van der Waals surface area (Å²) in [6, 6.07) is 5.81. The van der Waals surface area contributed by atoms with Crippen molar-refractivity contribution in [2.75, 3.05) is 13.2 Å². The van der Waals surface area contributed by atoms with Crippen LogP contribution in [0.25, 0.3) is 10.7 Å². The highest BCUT2D eigenvalue weighted by atomic mass is 32.1. The number of hydrogen-bond donors (Lipinski definition) is 2. The minimum Gasteiger partial charge on any atom is -0.386 e. The first-order valence-corrected chi connectivity index (χ1v) is 7.96. The maximum Gasteiger partial charge on any atom is 0.142 e. The molecule has 5 nitrogen and oxygen atoms in total. The van der Waals surface area contributed by atoms with Crippen molar-refractivity contribution in [2.45, 2.75) is 31.6 Å². The second-order valence-electron chi connectivity index (χ2n) is 5.33. The predicted molar refractivity (Wildman–Crippen MR) is 82.0 cm³/mol. The Kier molecular flexibility index (Phi) is 4.30. The number of aliphatic hydroxyl groups is 1. The van der Waals surface area contributed by atoms with Crippen LogP contribution in [0.2, 0.25) is 0 Å². The highest BCUT2D eigenvalue weighted by Gasteiger charge is 2.38. The molecule has 1 aliphatic heterocycles. The highest BCUT2D eigenvalue weighted by molar-refractivity contribution is 7.13. The van der Waals surface area contributed by atoms with Crippen molar-refractivity contribution < 1.29 is 9.84 Å². The Morgan fingerprint density at radius 1 is 1.52 bits per heavy atom. The third-order valence-corrected chi connectivity index (χ3v) is 4.75. The molecule has 2 atom stereocenters. The fraction of sp³-hybridized carbons (Fsp3) is 0.467. The van der Waals surface area contributed by atoms with Gasteiger partial charge in [-0.25, -0.2) is 4.98 Å². The molecule has 0 aromatic carbocycles. The third kappa shape index (κ3) is 3.29. The number of nitrogens with one attached hydrogen (secondary N) is 1. The Labute approximate surface area is 128 Å². The Balaban J connectivity index is 1.56. The summed E-state index contributed by atoms with van der Waals surface area (Å²) in [5.74, 6) is 0. The van der Waals surface area contributed by atoms with Gasteiger partial charge in [-0.2, -0.15) is 0 Å². The van der Waals surface area contributed by atoms with E-state index in [0.717, 1.165) is 16.4 Å². The zero-order valence-corrected chi connectivity index (χ0v) is 12.8. The normalized spacial score (nSPS) is 25.3. The Bertz CT molecular complexity index is 590. The minimum absolute atomic E-state index is 0.121. The van der Waals surface area contributed by atoms with E-state index in [1.807, 2.05) is 30.5 Å². The van der Waals surface area contributed by atoms with Crippen LogP contribution in [0.4, 0.5) is 0 Å². The molecule has 2 N–H and O–H groups in total. The summed E-state index contributed by atoms with van der Waals surface area (Å²) >= 11 is 1.58. The third-order valence-electron chi connectivity index (χ3n) is 3.83. The molecule has 0 amide bonds. The lowest BCUT2D eigenvalue weighted by Gasteiger charge is -2.26. The minimum atomic E-state index is -0.764. The molecule has 21 heavy (non-hydrogen) atoms. The Hall–Kier alpha value is -1.34. The monoisotopic (exact) mass is 305 g/mol. The van der Waals surface area contributed by atoms with Crippen LogP contribution in [0.3, 0.4) is 0 Å². The van der Waals surface area contributed by atoms with E-state index in [-0.39, 0.29) is 6.10 Å². The summed E-state index contributed by atoms with van der Waals surface area (Å²) in [5, 5.41) is 16.6. The van der Waals surface area contributed by atoms with Gasteiger partial charge < -0.3 is 15.2 Å². The second-order valence-corrected chi connectivity index (χ2v) is 6.19. The van der Waals surface area contributed by atoms with Crippen LogP contribution < -0.4 is 5.32 Å². The molecular weight excluding hydrogens is 286 g/mol. The molecule has 0 saturated carbocycles. The fourth-order valence-corrected chi connectivity index (χ4v) is 3.20. The molecule has 6 heteroatoms. The van der Waals surface area contributed by atoms with Gasteiger partial charge in [0.25, 0.3) is 0 Å². The molecule has 0 radical (unpaired) electrons. The second kappa shape index (κ2) is 6.19. The zero-order chi connectivity index (χ0) is 14.7. The van der Waals surface area contributed by atoms with E-state index >= 15 is 0 Å². The quantitative estimate of drug-likeness (QED) is 0.882. The van der Waals surface area contributed by atoms with Gasteiger partial charge in [0.1, 0.15) is 10.6 Å². The molecule has 1 fully saturated rings. The highest BCUT2D eigenvalue weighted by Crippen LogP contribution is 2.25. The van der Waals surface area contributed by atoms with E-state index in [1.54, 1.807) is 17.5 Å². The van der Waals surface area contributed by atoms with Crippen LogP contribution in [0, 0.1) is 0 Å². The van der Waals surface area contributed by atoms with E-state index in [2.05, 4.69) is 15.3 Å². The topological polar surface area (TPSA) is 67.3 Å². The number of thiazole rings is 1. The van der Waals surface area contributed by atoms with Gasteiger partial charge in [-0.1, -0.05) is 6.07 Å². The predicted octanol–water partition coefficient (Wildman–Crippen LogP) is 1.83. The average Bonchev–Trinajstić information content (AvgIpc) is 3.09. The molecule has 2 unspecified atom stereocenters. The van der Waals surface area contributed by atoms with Gasteiger partial charge in [0.15, 0.2) is 0 Å². The number of rotatable bonds is 5. The molecule has 112 valence electrons. The van der Waals surface area contributed by atoms with Gasteiger partial charge in [-0.3, -0.25) is 4.98 Å². The van der Waals surface area contributed by atoms with Crippen molar-refractivity contribution in [3.63, 3.8) is 0 Å². The first kappa shape index (κ1) is 14.6. The zero-order valence-electron chi connectivity index (χ0n) is 12.0. The summed E-state index contributed by atoms with van der Waals surface area (Å²) in [7, 11) is 0. The van der Waals surface area contributed by atoms with Gasteiger partial charge in [0.2, 0.25) is 0 Å². The number of nitrogens with zero attached hydrogens (tertiary/aromatic N) is 2. The Morgan fingerprint density at radius 3 is 3.14 bits per heavy atom. The standard InChI is InChI=1S/C15H19N3O2S/c1-11-15(19,5-7-20-11)10-16-8-12-9-21-14(18-12)13-4-2-3-6-17-13/h2-4,6,9,11,16,19H,5,7-8,10H2,1H3. The largest absolute Gasteiger partial charge is 0.386 e. The maximum absolute atomic E-state index is 10.4. The smallest absolute Gasteiger partial charge is 0.142 e. The summed E-state index contributed by atoms with van der Waals surface area (Å²) in [6.45, 7) is 3.69. The van der Waals surface area contributed by atoms with Crippen molar-refractivity contribution in [1.82, 2.24) is 15.3 Å². The molecule has 3 heterocycles. The van der Waals surface area contributed by atoms with Crippen molar-refractivity contribution in [3.05, 3.63) is 35.5 Å². The van der Waals surface area contributed by atoms with Crippen LogP contribution in [0.15, 0.2) is 29.8 Å². The van der Waals surface area contributed by atoms with Gasteiger partial charge in [0.05, 0.1) is 17.5 Å². The summed E-state index contributed by atoms with van der Waals surface area (Å²) in [5.41, 5.74) is 1.10. The van der Waals surface area contributed by atoms with E-state index in [4.69, 9.17) is 4.74 Å². The van der Waals surface area contributed by atoms with E-state index < -0.39 is 5.60 Å². The first-order chi connectivity index (χ1) is 10.2. The van der Waals surface area contributed by atoms with Gasteiger partial charge in [0, 0.05) is 37.7 Å². The molecule has 1 saturated heterocycles. The molecule has 1 aliphatic rings. The van der Waals surface area contributed by atoms with Crippen molar-refractivity contribution in [3.8, 4) is 10.7 Å². The molecular formula is C15H19N3O2S. The lowest BCUT2D eigenvalue weighted by Crippen LogP contribution is -2.45. The summed E-state index contributed by atoms with van der Waals surface area (Å²) < 4.78 is 5.42. The molecule has 3 rings (SSSR count). The van der Waals surface area contributed by atoms with Crippen LogP contribution in [-0.2, 0) is 11.3 Å². The fourth-order valence-electron chi connectivity index (χ4n) is 2.41. The molecule has 2 aromatic heterocycles. The van der Waals surface area contributed by atoms with Crippen LogP contribution in [-0.4, -0.2) is 39.9 Å². The molecule has 0 spiro atoms. The first-order valence-electron chi connectivity index (χ1n) is 7.08. The molecule has 0 aliphatic carbocycles. The maximum atomic E-state index is 10.4. The number of aromatic nitrogens is 2. The van der Waals surface area contributed by atoms with E-state index in [9.17, 15) is 5.11 Å². The molecule has 2 aromatic rings. The van der Waals surface area contributed by atoms with Crippen LogP contribution in [0.5, 0.6) is 0 Å². The van der Waals surface area contributed by atoms with E-state index in [1.165, 1.54) is 0 Å². The van der Waals surface area contributed by atoms with Gasteiger partial charge in [-0.15, -0.1) is 11.3 Å². The van der Waals surface area contributed by atoms with Crippen LogP contribution >= 0.6 is 11.3 Å². The van der Waals surface area contributed by atoms with Crippen molar-refractivity contribution in [2.24, 2.45) is 0 Å². The number of pyridine rings is 1. The van der Waals surface area contributed by atoms with Crippen LogP contribution in [0.1, 0.15) is 19.0 Å². The number of hydrogen-bond acceptors (Lipinski definition) is 6. The van der Waals surface area contributed by atoms with Gasteiger partial charge in [-0.05, 0) is 19.1 Å². The summed E-state index contributed by atoms with van der Waals surface area (Å²) in [4.78, 5) is 8.86. The van der Waals surface area contributed by atoms with Crippen molar-refractivity contribution in [1.29, 1.82) is 0 Å². The average molecular weight is 305 g/mol.